The van der Waals surface area contributed by atoms with E-state index in [2.05, 4.69) is 5.10 Å². The molecule has 4 nitrogen and oxygen atoms in total. The van der Waals surface area contributed by atoms with E-state index >= 15 is 0 Å². The Balaban J connectivity index is 2.31. The van der Waals surface area contributed by atoms with E-state index in [1.54, 1.807) is 4.68 Å². The number of aryl methyl sites for hydroxylation is 1. The van der Waals surface area contributed by atoms with Gasteiger partial charge in [0, 0.05) is 10.7 Å². The number of nitrogens with zero attached hydrogens (tertiary/aromatic N) is 2. The van der Waals surface area contributed by atoms with Crippen molar-refractivity contribution in [2.75, 3.05) is 0 Å². The Labute approximate surface area is 148 Å². The minimum Gasteiger partial charge on any atom is -0.481 e. The third kappa shape index (κ3) is 4.98. The molecule has 2 aromatic rings. The lowest BCUT2D eigenvalue weighted by molar-refractivity contribution is -0.138. The zero-order chi connectivity index (χ0) is 18.8. The molecule has 0 aliphatic rings. The van der Waals surface area contributed by atoms with Crippen molar-refractivity contribution in [2.45, 2.75) is 45.3 Å². The molecular weight excluding hydrogens is 357 g/mol. The van der Waals surface area contributed by atoms with Crippen molar-refractivity contribution in [1.29, 1.82) is 0 Å². The Hall–Kier alpha value is -2.02. The molecule has 0 bridgehead atoms. The van der Waals surface area contributed by atoms with Crippen LogP contribution < -0.4 is 0 Å². The lowest BCUT2D eigenvalue weighted by Gasteiger charge is -2.12. The third-order valence-electron chi connectivity index (χ3n) is 3.77. The minimum absolute atomic E-state index is 0.000562. The van der Waals surface area contributed by atoms with Crippen molar-refractivity contribution >= 4 is 17.6 Å². The second-order valence-electron chi connectivity index (χ2n) is 6.07. The fourth-order valence-electron chi connectivity index (χ4n) is 2.35. The maximum atomic E-state index is 12.7. The van der Waals surface area contributed by atoms with Crippen LogP contribution in [0, 0.1) is 0 Å². The first kappa shape index (κ1) is 19.3. The number of rotatable bonds is 6. The van der Waals surface area contributed by atoms with E-state index in [-0.39, 0.29) is 30.3 Å². The number of benzene rings is 1. The lowest BCUT2D eigenvalue weighted by atomic mass is 10.1. The maximum absolute atomic E-state index is 12.7. The predicted octanol–water partition coefficient (Wildman–Crippen LogP) is 4.74. The molecule has 1 aromatic heterocycles. The molecule has 1 heterocycles. The van der Waals surface area contributed by atoms with Gasteiger partial charge < -0.3 is 5.11 Å². The van der Waals surface area contributed by atoms with E-state index in [9.17, 15) is 18.0 Å². The SMILES string of the molecule is CC(C)c1cc(CCC(=O)O)n(Cc2ccc(C(F)(F)F)cc2Cl)n1. The van der Waals surface area contributed by atoms with Crippen LogP contribution in [0.3, 0.4) is 0 Å². The average Bonchev–Trinajstić information content (AvgIpc) is 2.89. The van der Waals surface area contributed by atoms with Crippen molar-refractivity contribution in [3.63, 3.8) is 0 Å². The molecule has 8 heteroatoms. The highest BCUT2D eigenvalue weighted by molar-refractivity contribution is 6.31. The van der Waals surface area contributed by atoms with Gasteiger partial charge in [-0.3, -0.25) is 9.48 Å². The van der Waals surface area contributed by atoms with Gasteiger partial charge in [-0.15, -0.1) is 0 Å². The molecule has 0 amide bonds. The molecule has 0 fully saturated rings. The number of aliphatic carboxylic acids is 1. The number of hydrogen-bond acceptors (Lipinski definition) is 2. The third-order valence-corrected chi connectivity index (χ3v) is 4.12. The predicted molar refractivity (Wildman–Crippen MR) is 87.8 cm³/mol. The normalized spacial score (nSPS) is 12.0. The van der Waals surface area contributed by atoms with E-state index in [0.717, 1.165) is 17.8 Å². The fourth-order valence-corrected chi connectivity index (χ4v) is 2.59. The Morgan fingerprint density at radius 3 is 2.52 bits per heavy atom. The molecule has 2 rings (SSSR count). The van der Waals surface area contributed by atoms with Gasteiger partial charge in [0.15, 0.2) is 0 Å². The standard InChI is InChI=1S/C17H18ClF3N2O2/c1-10(2)15-8-13(5-6-16(24)25)23(22-15)9-11-3-4-12(7-14(11)18)17(19,20)21/h3-4,7-8,10H,5-6,9H2,1-2H3,(H,24,25). The van der Waals surface area contributed by atoms with E-state index < -0.39 is 17.7 Å². The molecule has 136 valence electrons. The first-order valence-electron chi connectivity index (χ1n) is 7.72. The van der Waals surface area contributed by atoms with E-state index in [0.29, 0.717) is 11.3 Å². The fraction of sp³-hybridized carbons (Fsp3) is 0.412. The first-order chi connectivity index (χ1) is 11.6. The maximum Gasteiger partial charge on any atom is 0.416 e. The highest BCUT2D eigenvalue weighted by Gasteiger charge is 2.30. The van der Waals surface area contributed by atoms with Crippen LogP contribution in [-0.2, 0) is 23.9 Å². The smallest absolute Gasteiger partial charge is 0.416 e. The zero-order valence-electron chi connectivity index (χ0n) is 13.8. The van der Waals surface area contributed by atoms with Crippen molar-refractivity contribution in [3.05, 3.63) is 51.8 Å². The Bertz CT molecular complexity index is 770. The Morgan fingerprint density at radius 1 is 1.32 bits per heavy atom. The zero-order valence-corrected chi connectivity index (χ0v) is 14.5. The first-order valence-corrected chi connectivity index (χ1v) is 8.09. The van der Waals surface area contributed by atoms with Gasteiger partial charge >= 0.3 is 12.1 Å². The summed E-state index contributed by atoms with van der Waals surface area (Å²) < 4.78 is 39.8. The number of carboxylic acid groups (broad SMARTS) is 1. The van der Waals surface area contributed by atoms with Crippen LogP contribution in [0.5, 0.6) is 0 Å². The van der Waals surface area contributed by atoms with Crippen LogP contribution >= 0.6 is 11.6 Å². The molecule has 25 heavy (non-hydrogen) atoms. The summed E-state index contributed by atoms with van der Waals surface area (Å²) >= 11 is 6.00. The van der Waals surface area contributed by atoms with Gasteiger partial charge in [-0.05, 0) is 36.1 Å². The summed E-state index contributed by atoms with van der Waals surface area (Å²) in [6.07, 6.45) is -4.22. The monoisotopic (exact) mass is 374 g/mol. The number of aromatic nitrogens is 2. The molecule has 0 aliphatic heterocycles. The molecule has 1 N–H and O–H groups in total. The lowest BCUT2D eigenvalue weighted by Crippen LogP contribution is -2.10. The van der Waals surface area contributed by atoms with Crippen LogP contribution in [0.4, 0.5) is 13.2 Å². The van der Waals surface area contributed by atoms with Gasteiger partial charge in [0.05, 0.1) is 24.2 Å². The highest BCUT2D eigenvalue weighted by atomic mass is 35.5. The van der Waals surface area contributed by atoms with Gasteiger partial charge in [0.1, 0.15) is 0 Å². The van der Waals surface area contributed by atoms with Crippen molar-refractivity contribution in [3.8, 4) is 0 Å². The molecule has 0 unspecified atom stereocenters. The summed E-state index contributed by atoms with van der Waals surface area (Å²) in [4.78, 5) is 10.8. The summed E-state index contributed by atoms with van der Waals surface area (Å²) in [6.45, 7) is 4.09. The van der Waals surface area contributed by atoms with Crippen LogP contribution in [0.15, 0.2) is 24.3 Å². The molecule has 1 aromatic carbocycles. The minimum atomic E-state index is -4.45. The molecule has 0 aliphatic carbocycles. The topological polar surface area (TPSA) is 55.1 Å². The summed E-state index contributed by atoms with van der Waals surface area (Å²) in [7, 11) is 0. The molecule has 0 saturated carbocycles. The van der Waals surface area contributed by atoms with Crippen LogP contribution in [0.2, 0.25) is 5.02 Å². The van der Waals surface area contributed by atoms with Gasteiger partial charge in [0.25, 0.3) is 0 Å². The number of carbonyl (C=O) groups is 1. The Morgan fingerprint density at radius 2 is 2.00 bits per heavy atom. The van der Waals surface area contributed by atoms with Crippen molar-refractivity contribution < 1.29 is 23.1 Å². The molecule has 0 spiro atoms. The quantitative estimate of drug-likeness (QED) is 0.794. The summed E-state index contributed by atoms with van der Waals surface area (Å²) in [6, 6.07) is 5.01. The second-order valence-corrected chi connectivity index (χ2v) is 6.48. The van der Waals surface area contributed by atoms with E-state index in [1.165, 1.54) is 6.07 Å². The number of alkyl halides is 3. The van der Waals surface area contributed by atoms with Crippen LogP contribution in [0.25, 0.3) is 0 Å². The summed E-state index contributed by atoms with van der Waals surface area (Å²) in [5.41, 5.74) is 1.19. The molecule has 0 radical (unpaired) electrons. The van der Waals surface area contributed by atoms with Gasteiger partial charge in [0.2, 0.25) is 0 Å². The highest BCUT2D eigenvalue weighted by Crippen LogP contribution is 2.32. The van der Waals surface area contributed by atoms with E-state index in [4.69, 9.17) is 16.7 Å². The second kappa shape index (κ2) is 7.47. The van der Waals surface area contributed by atoms with E-state index in [1.807, 2.05) is 19.9 Å². The largest absolute Gasteiger partial charge is 0.481 e. The number of hydrogen-bond donors (Lipinski definition) is 1. The van der Waals surface area contributed by atoms with Crippen LogP contribution in [0.1, 0.15) is 48.7 Å². The van der Waals surface area contributed by atoms with Gasteiger partial charge in [-0.2, -0.15) is 18.3 Å². The number of halogens is 4. The molecular formula is C17H18ClF3N2O2. The molecule has 0 saturated heterocycles. The van der Waals surface area contributed by atoms with Crippen molar-refractivity contribution in [2.24, 2.45) is 0 Å². The summed E-state index contributed by atoms with van der Waals surface area (Å²) in [5, 5.41) is 13.3. The Kier molecular flexibility index (Phi) is 5.77. The average molecular weight is 375 g/mol. The molecule has 0 atom stereocenters. The number of carboxylic acids is 1. The van der Waals surface area contributed by atoms with Crippen molar-refractivity contribution in [1.82, 2.24) is 9.78 Å². The summed E-state index contributed by atoms with van der Waals surface area (Å²) in [5.74, 6) is -0.778. The van der Waals surface area contributed by atoms with Gasteiger partial charge in [-0.1, -0.05) is 31.5 Å². The van der Waals surface area contributed by atoms with Gasteiger partial charge in [-0.25, -0.2) is 0 Å². The van der Waals surface area contributed by atoms with Crippen LogP contribution in [-0.4, -0.2) is 20.9 Å².